The van der Waals surface area contributed by atoms with E-state index in [1.807, 2.05) is 55.4 Å². The van der Waals surface area contributed by atoms with Gasteiger partial charge in [-0.3, -0.25) is 0 Å². The van der Waals surface area contributed by atoms with Crippen LogP contribution in [0.3, 0.4) is 0 Å². The predicted molar refractivity (Wildman–Crippen MR) is 102 cm³/mol. The van der Waals surface area contributed by atoms with Gasteiger partial charge in [0.1, 0.15) is 0 Å². The van der Waals surface area contributed by atoms with E-state index in [1.165, 1.54) is 0 Å². The van der Waals surface area contributed by atoms with E-state index < -0.39 is 0 Å². The second-order valence-electron chi connectivity index (χ2n) is 6.00. The Bertz CT molecular complexity index is 52.5. The third-order valence-electron chi connectivity index (χ3n) is 0. The van der Waals surface area contributed by atoms with Gasteiger partial charge >= 0.3 is 0 Å². The average Bonchev–Trinajstić information content (AvgIpc) is 2.24. The molecule has 21 heavy (non-hydrogen) atoms. The Labute approximate surface area is 202 Å². The molecule has 0 fully saturated rings. The average molecular weight is 361 g/mol. The predicted octanol–water partition coefficient (Wildman–Crippen LogP) is 8.85. The van der Waals surface area contributed by atoms with E-state index in [1.54, 1.807) is 0 Å². The molecule has 0 aliphatic carbocycles. The zero-order chi connectivity index (χ0) is 17.0. The van der Waals surface area contributed by atoms with E-state index in [9.17, 15) is 0 Å². The van der Waals surface area contributed by atoms with Gasteiger partial charge in [0.05, 0.1) is 0 Å². The first-order valence-corrected chi connectivity index (χ1v) is 8.00. The van der Waals surface area contributed by atoms with Crippen molar-refractivity contribution in [3.63, 3.8) is 0 Å². The van der Waals surface area contributed by atoms with Gasteiger partial charge in [0.25, 0.3) is 0 Å². The Hall–Kier alpha value is 2.52. The van der Waals surface area contributed by atoms with Crippen molar-refractivity contribution in [1.29, 1.82) is 0 Å². The summed E-state index contributed by atoms with van der Waals surface area (Å²) < 4.78 is 0. The SMILES string of the molecule is C.CC.CC.CC.CC.CC(C)(C)C.CC(C)(C)C.[Ar].[Ar]. The van der Waals surface area contributed by atoms with Crippen LogP contribution in [0.15, 0.2) is 0 Å². The van der Waals surface area contributed by atoms with E-state index >= 15 is 0 Å². The van der Waals surface area contributed by atoms with Crippen molar-refractivity contribution in [2.24, 2.45) is 10.8 Å². The summed E-state index contributed by atoms with van der Waals surface area (Å²) in [5.41, 5.74) is 1.00. The molecule has 0 radical (unpaired) electrons. The fourth-order valence-corrected chi connectivity index (χ4v) is 0. The molecule has 0 saturated heterocycles. The second kappa shape index (κ2) is 49.5. The Morgan fingerprint density at radius 2 is 0.333 bits per heavy atom. The fraction of sp³-hybridized carbons (Fsp3) is 1.00. The summed E-state index contributed by atoms with van der Waals surface area (Å²) in [4.78, 5) is 0. The van der Waals surface area contributed by atoms with E-state index in [4.69, 9.17) is 0 Å². The molecule has 0 saturated carbocycles. The van der Waals surface area contributed by atoms with Crippen molar-refractivity contribution in [2.75, 3.05) is 0 Å². The molecule has 0 aliphatic heterocycles. The molecule has 0 heterocycles. The normalized spacial score (nSPS) is 6.86. The molecule has 0 aliphatic rings. The quantitative estimate of drug-likeness (QED) is 0.404. The minimum atomic E-state index is 0. The summed E-state index contributed by atoms with van der Waals surface area (Å²) >= 11 is 0. The van der Waals surface area contributed by atoms with Crippen molar-refractivity contribution in [2.45, 2.75) is 118 Å². The maximum Gasteiger partial charge on any atom is 0 e. The van der Waals surface area contributed by atoms with Gasteiger partial charge in [0, 0.05) is 75.5 Å². The summed E-state index contributed by atoms with van der Waals surface area (Å²) in [7, 11) is 0. The number of rotatable bonds is 0. The monoisotopic (exact) mass is 360 g/mol. The number of hydrogen-bond acceptors (Lipinski definition) is 0. The third-order valence-corrected chi connectivity index (χ3v) is 0. The van der Waals surface area contributed by atoms with Gasteiger partial charge in [0.15, 0.2) is 0 Å². The molecule has 0 unspecified atom stereocenters. The van der Waals surface area contributed by atoms with E-state index in [0.717, 1.165) is 0 Å². The molecule has 0 aromatic carbocycles. The summed E-state index contributed by atoms with van der Waals surface area (Å²) in [6.07, 6.45) is 0. The summed E-state index contributed by atoms with van der Waals surface area (Å²) in [6.45, 7) is 33.5. The van der Waals surface area contributed by atoms with Gasteiger partial charge in [0.2, 0.25) is 0 Å². The first kappa shape index (κ1) is 56.6. The fourth-order valence-electron chi connectivity index (χ4n) is 0. The summed E-state index contributed by atoms with van der Waals surface area (Å²) in [5.74, 6) is 0. The molecule has 0 aromatic rings. The molecule has 0 spiro atoms. The van der Waals surface area contributed by atoms with Gasteiger partial charge in [-0.25, -0.2) is 0 Å². The van der Waals surface area contributed by atoms with Crippen LogP contribution in [-0.2, 0) is 0 Å². The summed E-state index contributed by atoms with van der Waals surface area (Å²) in [5, 5.41) is 0. The molecule has 0 atom stereocenters. The van der Waals surface area contributed by atoms with Crippen LogP contribution in [0.25, 0.3) is 0 Å². The molecule has 0 aromatic heterocycles. The molecule has 0 bridgehead atoms. The first-order valence-electron chi connectivity index (χ1n) is 8.00. The van der Waals surface area contributed by atoms with Gasteiger partial charge in [-0.15, -0.1) is 0 Å². The van der Waals surface area contributed by atoms with Crippen LogP contribution >= 0.6 is 0 Å². The van der Waals surface area contributed by atoms with Crippen LogP contribution in [0.1, 0.15) is 118 Å². The minimum absolute atomic E-state index is 0. The van der Waals surface area contributed by atoms with Crippen molar-refractivity contribution >= 4 is 0 Å². The van der Waals surface area contributed by atoms with Crippen molar-refractivity contribution in [1.82, 2.24) is 0 Å². The second-order valence-corrected chi connectivity index (χ2v) is 6.00. The minimum Gasteiger partial charge on any atom is -0.0776 e. The van der Waals surface area contributed by atoms with Crippen LogP contribution in [0.5, 0.6) is 0 Å². The molecule has 0 amide bonds. The Kier molecular flexibility index (Phi) is 133. The van der Waals surface area contributed by atoms with E-state index in [0.29, 0.717) is 10.8 Å². The first-order chi connectivity index (χ1) is 8.00. The third kappa shape index (κ3) is 1490. The van der Waals surface area contributed by atoms with Crippen molar-refractivity contribution in [3.8, 4) is 0 Å². The molecular formula is C19H52Ar2. The largest absolute Gasteiger partial charge is 0.0776 e. The zero-order valence-electron chi connectivity index (χ0n) is 17.7. The van der Waals surface area contributed by atoms with Gasteiger partial charge in [-0.1, -0.05) is 118 Å². The molecule has 0 nitrogen and oxygen atoms in total. The van der Waals surface area contributed by atoms with Crippen LogP contribution in [0, 0.1) is 86.3 Å². The maximum absolute atomic E-state index is 2.19. The van der Waals surface area contributed by atoms with Crippen LogP contribution in [-0.4, -0.2) is 0 Å². The van der Waals surface area contributed by atoms with E-state index in [-0.39, 0.29) is 82.9 Å². The van der Waals surface area contributed by atoms with Crippen LogP contribution in [0.2, 0.25) is 0 Å². The Balaban J connectivity index is -0.0000000122. The molecule has 0 N–H and O–H groups in total. The van der Waals surface area contributed by atoms with E-state index in [2.05, 4.69) is 55.4 Å². The Morgan fingerprint density at radius 3 is 0.333 bits per heavy atom. The molecule has 2 heteroatoms. The van der Waals surface area contributed by atoms with Crippen LogP contribution in [0.4, 0.5) is 0 Å². The van der Waals surface area contributed by atoms with Crippen molar-refractivity contribution < 1.29 is 75.5 Å². The standard InChI is InChI=1S/2C5H12.4C2H6.CH4.2Ar/c2*1-5(2,3)4;4*1-2;;;/h2*1-4H3;4*1-2H3;1H4;;. The van der Waals surface area contributed by atoms with Gasteiger partial charge in [-0.2, -0.15) is 0 Å². The van der Waals surface area contributed by atoms with Gasteiger partial charge < -0.3 is 0 Å². The Morgan fingerprint density at radius 1 is 0.333 bits per heavy atom. The molecule has 144 valence electrons. The van der Waals surface area contributed by atoms with Gasteiger partial charge in [-0.05, 0) is 10.8 Å². The molecule has 0 rings (SSSR count). The molecular weight excluding hydrogens is 308 g/mol. The van der Waals surface area contributed by atoms with Crippen molar-refractivity contribution in [3.05, 3.63) is 0 Å². The zero-order valence-corrected chi connectivity index (χ0v) is 19.1. The number of hydrogen-bond donors (Lipinski definition) is 0. The summed E-state index contributed by atoms with van der Waals surface area (Å²) in [6, 6.07) is 0. The van der Waals surface area contributed by atoms with Crippen LogP contribution < -0.4 is 0 Å². The maximum atomic E-state index is 2.19. The topological polar surface area (TPSA) is 0 Å². The smallest absolute Gasteiger partial charge is 0 e.